The lowest BCUT2D eigenvalue weighted by molar-refractivity contribution is -0.895. The number of carbonyl (C=O) groups excluding carboxylic acids is 1. The van der Waals surface area contributed by atoms with Crippen LogP contribution in [-0.4, -0.2) is 58.5 Å². The van der Waals surface area contributed by atoms with E-state index in [1.807, 2.05) is 12.1 Å². The second-order valence-corrected chi connectivity index (χ2v) is 8.33. The van der Waals surface area contributed by atoms with Crippen molar-refractivity contribution in [3.8, 4) is 5.75 Å². The van der Waals surface area contributed by atoms with Crippen molar-refractivity contribution in [1.29, 1.82) is 0 Å². The first-order chi connectivity index (χ1) is 13.0. The van der Waals surface area contributed by atoms with E-state index in [4.69, 9.17) is 4.74 Å². The lowest BCUT2D eigenvalue weighted by Crippen LogP contribution is -3.15. The Morgan fingerprint density at radius 3 is 2.37 bits per heavy atom. The number of rotatable bonds is 6. The number of quaternary nitrogens is 1. The van der Waals surface area contributed by atoms with Gasteiger partial charge in [0.1, 0.15) is 5.75 Å². The fourth-order valence-corrected chi connectivity index (χ4v) is 4.59. The van der Waals surface area contributed by atoms with Crippen LogP contribution in [0.4, 0.5) is 5.69 Å². The van der Waals surface area contributed by atoms with Gasteiger partial charge in [-0.15, -0.1) is 0 Å². The first kappa shape index (κ1) is 19.3. The Labute approximate surface area is 159 Å². The number of ether oxygens (including phenoxy) is 1. The molecule has 3 rings (SSSR count). The molecule has 1 aliphatic rings. The van der Waals surface area contributed by atoms with Crippen molar-refractivity contribution in [1.82, 2.24) is 4.31 Å². The predicted molar refractivity (Wildman–Crippen MR) is 102 cm³/mol. The third-order valence-corrected chi connectivity index (χ3v) is 6.51. The Morgan fingerprint density at radius 1 is 1.07 bits per heavy atom. The number of benzene rings is 2. The van der Waals surface area contributed by atoms with Crippen molar-refractivity contribution < 1.29 is 22.8 Å². The molecular formula is C19H24N3O4S+. The molecule has 7 nitrogen and oxygen atoms in total. The van der Waals surface area contributed by atoms with Gasteiger partial charge in [0.2, 0.25) is 10.0 Å². The van der Waals surface area contributed by atoms with Gasteiger partial charge >= 0.3 is 0 Å². The molecule has 0 spiro atoms. The van der Waals surface area contributed by atoms with E-state index in [2.05, 4.69) is 5.32 Å². The monoisotopic (exact) mass is 390 g/mol. The number of para-hydroxylation sites is 2. The van der Waals surface area contributed by atoms with Crippen LogP contribution in [0.1, 0.15) is 0 Å². The Kier molecular flexibility index (Phi) is 6.10. The second kappa shape index (κ2) is 8.51. The number of carbonyl (C=O) groups is 1. The normalized spacial score (nSPS) is 16.0. The van der Waals surface area contributed by atoms with Crippen LogP contribution >= 0.6 is 0 Å². The molecule has 2 aromatic carbocycles. The highest BCUT2D eigenvalue weighted by Crippen LogP contribution is 2.22. The summed E-state index contributed by atoms with van der Waals surface area (Å²) in [5, 5.41) is 2.86. The SMILES string of the molecule is COc1ccccc1NC(=O)C[NH+]1CCN(S(=O)(=O)c2ccccc2)CC1. The quantitative estimate of drug-likeness (QED) is 0.740. The lowest BCUT2D eigenvalue weighted by atomic mass is 10.3. The van der Waals surface area contributed by atoms with Crippen molar-refractivity contribution in [3.05, 3.63) is 54.6 Å². The minimum Gasteiger partial charge on any atom is -0.495 e. The first-order valence-electron chi connectivity index (χ1n) is 8.82. The summed E-state index contributed by atoms with van der Waals surface area (Å²) < 4.78 is 32.0. The average molecular weight is 390 g/mol. The van der Waals surface area contributed by atoms with E-state index in [-0.39, 0.29) is 12.5 Å². The summed E-state index contributed by atoms with van der Waals surface area (Å²) in [6.45, 7) is 2.26. The fourth-order valence-electron chi connectivity index (χ4n) is 3.13. The predicted octanol–water partition coefficient (Wildman–Crippen LogP) is 0.223. The van der Waals surface area contributed by atoms with Crippen LogP contribution in [0.2, 0.25) is 0 Å². The number of anilines is 1. The third kappa shape index (κ3) is 4.65. The number of nitrogens with one attached hydrogen (secondary N) is 2. The molecule has 1 amide bonds. The van der Waals surface area contributed by atoms with Gasteiger partial charge in [0.25, 0.3) is 5.91 Å². The molecule has 1 aliphatic heterocycles. The van der Waals surface area contributed by atoms with Crippen molar-refractivity contribution in [2.75, 3.05) is 45.2 Å². The van der Waals surface area contributed by atoms with Crippen LogP contribution in [0, 0.1) is 0 Å². The molecule has 1 saturated heterocycles. The summed E-state index contributed by atoms with van der Waals surface area (Å²) in [6.07, 6.45) is 0. The molecule has 0 aliphatic carbocycles. The molecule has 0 unspecified atom stereocenters. The largest absolute Gasteiger partial charge is 0.495 e. The fraction of sp³-hybridized carbons (Fsp3) is 0.316. The van der Waals surface area contributed by atoms with Gasteiger partial charge in [-0.1, -0.05) is 30.3 Å². The van der Waals surface area contributed by atoms with E-state index in [0.717, 1.165) is 4.90 Å². The maximum atomic E-state index is 12.7. The number of amides is 1. The second-order valence-electron chi connectivity index (χ2n) is 6.39. The maximum absolute atomic E-state index is 12.7. The van der Waals surface area contributed by atoms with Crippen LogP contribution in [0.25, 0.3) is 0 Å². The summed E-state index contributed by atoms with van der Waals surface area (Å²) in [5.41, 5.74) is 0.634. The van der Waals surface area contributed by atoms with Gasteiger partial charge in [-0.25, -0.2) is 8.42 Å². The van der Waals surface area contributed by atoms with Crippen molar-refractivity contribution in [3.63, 3.8) is 0 Å². The molecular weight excluding hydrogens is 366 g/mol. The van der Waals surface area contributed by atoms with E-state index < -0.39 is 10.0 Å². The minimum atomic E-state index is -3.47. The van der Waals surface area contributed by atoms with Gasteiger partial charge < -0.3 is 15.0 Å². The molecule has 0 atom stereocenters. The molecule has 0 aromatic heterocycles. The van der Waals surface area contributed by atoms with Crippen LogP contribution in [0.5, 0.6) is 5.75 Å². The average Bonchev–Trinajstić information content (AvgIpc) is 2.69. The Morgan fingerprint density at radius 2 is 1.70 bits per heavy atom. The zero-order valence-corrected chi connectivity index (χ0v) is 16.0. The lowest BCUT2D eigenvalue weighted by Gasteiger charge is -2.31. The molecule has 144 valence electrons. The molecule has 0 saturated carbocycles. The Hall–Kier alpha value is -2.42. The number of nitrogens with zero attached hydrogens (tertiary/aromatic N) is 1. The van der Waals surface area contributed by atoms with E-state index in [1.54, 1.807) is 49.6 Å². The van der Waals surface area contributed by atoms with Gasteiger partial charge in [0, 0.05) is 0 Å². The van der Waals surface area contributed by atoms with E-state index >= 15 is 0 Å². The highest BCUT2D eigenvalue weighted by atomic mass is 32.2. The topological polar surface area (TPSA) is 80.2 Å². The standard InChI is InChI=1S/C19H23N3O4S/c1-26-18-10-6-5-9-17(18)20-19(23)15-21-11-13-22(14-12-21)27(24,25)16-7-3-2-4-8-16/h2-10H,11-15H2,1H3,(H,20,23)/p+1. The molecule has 2 N–H and O–H groups in total. The molecule has 2 aromatic rings. The number of piperazine rings is 1. The minimum absolute atomic E-state index is 0.117. The Balaban J connectivity index is 1.54. The summed E-state index contributed by atoms with van der Waals surface area (Å²) in [7, 11) is -1.91. The smallest absolute Gasteiger partial charge is 0.279 e. The van der Waals surface area contributed by atoms with E-state index in [1.165, 1.54) is 4.31 Å². The summed E-state index contributed by atoms with van der Waals surface area (Å²) in [5.74, 6) is 0.494. The number of sulfonamides is 1. The highest BCUT2D eigenvalue weighted by molar-refractivity contribution is 7.89. The molecule has 1 fully saturated rings. The van der Waals surface area contributed by atoms with Crippen LogP contribution in [0.15, 0.2) is 59.5 Å². The number of hydrogen-bond donors (Lipinski definition) is 2. The summed E-state index contributed by atoms with van der Waals surface area (Å²) in [6, 6.07) is 15.7. The zero-order valence-electron chi connectivity index (χ0n) is 15.2. The van der Waals surface area contributed by atoms with Gasteiger partial charge in [0.05, 0.1) is 43.9 Å². The van der Waals surface area contributed by atoms with Crippen LogP contribution in [-0.2, 0) is 14.8 Å². The van der Waals surface area contributed by atoms with Gasteiger partial charge in [-0.3, -0.25) is 4.79 Å². The van der Waals surface area contributed by atoms with Gasteiger partial charge in [-0.2, -0.15) is 4.31 Å². The Bertz CT molecular complexity index is 879. The maximum Gasteiger partial charge on any atom is 0.279 e. The number of hydrogen-bond acceptors (Lipinski definition) is 4. The zero-order chi connectivity index (χ0) is 19.3. The van der Waals surface area contributed by atoms with Crippen LogP contribution < -0.4 is 15.0 Å². The first-order valence-corrected chi connectivity index (χ1v) is 10.3. The molecule has 0 bridgehead atoms. The third-order valence-electron chi connectivity index (χ3n) is 4.60. The van der Waals surface area contributed by atoms with Crippen molar-refractivity contribution >= 4 is 21.6 Å². The summed E-state index contributed by atoms with van der Waals surface area (Å²) >= 11 is 0. The van der Waals surface area contributed by atoms with Gasteiger partial charge in [-0.05, 0) is 24.3 Å². The summed E-state index contributed by atoms with van der Waals surface area (Å²) in [4.78, 5) is 13.7. The molecule has 0 radical (unpaired) electrons. The van der Waals surface area contributed by atoms with Gasteiger partial charge in [0.15, 0.2) is 6.54 Å². The van der Waals surface area contributed by atoms with Crippen molar-refractivity contribution in [2.24, 2.45) is 0 Å². The van der Waals surface area contributed by atoms with Crippen molar-refractivity contribution in [2.45, 2.75) is 4.90 Å². The van der Waals surface area contributed by atoms with E-state index in [0.29, 0.717) is 42.5 Å². The molecule has 8 heteroatoms. The number of methoxy groups -OCH3 is 1. The molecule has 27 heavy (non-hydrogen) atoms. The van der Waals surface area contributed by atoms with Crippen LogP contribution in [0.3, 0.4) is 0 Å². The molecule has 1 heterocycles. The van der Waals surface area contributed by atoms with E-state index in [9.17, 15) is 13.2 Å². The highest BCUT2D eigenvalue weighted by Gasteiger charge is 2.31.